The van der Waals surface area contributed by atoms with Gasteiger partial charge in [-0.2, -0.15) is 4.80 Å². The molecular weight excluding hydrogens is 368 g/mol. The fraction of sp³-hybridized carbons (Fsp3) is 0.235. The monoisotopic (exact) mass is 384 g/mol. The van der Waals surface area contributed by atoms with Gasteiger partial charge < -0.3 is 5.32 Å². The van der Waals surface area contributed by atoms with Crippen LogP contribution >= 0.6 is 11.6 Å². The molecule has 0 atom stereocenters. The number of hydrogen-bond acceptors (Lipinski definition) is 6. The van der Waals surface area contributed by atoms with Crippen LogP contribution in [0.1, 0.15) is 12.5 Å². The lowest BCUT2D eigenvalue weighted by molar-refractivity contribution is 0.630. The van der Waals surface area contributed by atoms with Crippen LogP contribution in [0.5, 0.6) is 0 Å². The van der Waals surface area contributed by atoms with Gasteiger partial charge in [0.05, 0.1) is 12.7 Å². The Morgan fingerprint density at radius 3 is 2.78 bits per heavy atom. The van der Waals surface area contributed by atoms with Gasteiger partial charge in [0.25, 0.3) is 5.56 Å². The number of fused-ring (bicyclic) bond motifs is 1. The summed E-state index contributed by atoms with van der Waals surface area (Å²) in [6.07, 6.45) is 0.740. The lowest BCUT2D eigenvalue weighted by Crippen LogP contribution is -2.12. The predicted molar refractivity (Wildman–Crippen MR) is 103 cm³/mol. The minimum atomic E-state index is -0.179. The number of anilines is 2. The highest BCUT2D eigenvalue weighted by Gasteiger charge is 2.16. The Bertz CT molecular complexity index is 1210. The van der Waals surface area contributed by atoms with Crippen molar-refractivity contribution in [3.8, 4) is 11.4 Å². The van der Waals surface area contributed by atoms with Gasteiger partial charge in [0.15, 0.2) is 5.65 Å². The fourth-order valence-corrected chi connectivity index (χ4v) is 3.31. The number of benzene rings is 1. The van der Waals surface area contributed by atoms with Crippen LogP contribution in [-0.2, 0) is 20.5 Å². The number of H-pyrrole nitrogens is 1. The van der Waals surface area contributed by atoms with E-state index in [-0.39, 0.29) is 10.7 Å². The molecule has 0 unspecified atom stereocenters. The van der Waals surface area contributed by atoms with Gasteiger partial charge >= 0.3 is 0 Å². The average Bonchev–Trinajstić information content (AvgIpc) is 3.18. The van der Waals surface area contributed by atoms with E-state index < -0.39 is 0 Å². The Hall–Kier alpha value is -3.20. The van der Waals surface area contributed by atoms with Crippen molar-refractivity contribution in [2.45, 2.75) is 13.3 Å². The zero-order valence-corrected chi connectivity index (χ0v) is 15.7. The van der Waals surface area contributed by atoms with Crippen molar-refractivity contribution >= 4 is 34.0 Å². The number of tetrazole rings is 1. The molecule has 10 heteroatoms. The third-order valence-electron chi connectivity index (χ3n) is 4.33. The lowest BCUT2D eigenvalue weighted by Gasteiger charge is -2.14. The average molecular weight is 385 g/mol. The number of rotatable bonds is 4. The summed E-state index contributed by atoms with van der Waals surface area (Å²) < 4.78 is 1.37. The van der Waals surface area contributed by atoms with E-state index in [1.165, 1.54) is 9.48 Å². The molecule has 9 nitrogen and oxygen atoms in total. The zero-order valence-electron chi connectivity index (χ0n) is 15.0. The molecule has 0 spiro atoms. The van der Waals surface area contributed by atoms with Crippen LogP contribution in [-0.4, -0.2) is 35.0 Å². The molecule has 4 rings (SSSR count). The van der Waals surface area contributed by atoms with Crippen molar-refractivity contribution < 1.29 is 0 Å². The van der Waals surface area contributed by atoms with Crippen LogP contribution in [0.2, 0.25) is 5.15 Å². The van der Waals surface area contributed by atoms with E-state index in [2.05, 4.69) is 30.8 Å². The number of aromatic nitrogens is 7. The van der Waals surface area contributed by atoms with E-state index >= 15 is 0 Å². The van der Waals surface area contributed by atoms with Crippen molar-refractivity contribution in [1.82, 2.24) is 35.0 Å². The fourth-order valence-electron chi connectivity index (χ4n) is 3.12. The van der Waals surface area contributed by atoms with E-state index in [9.17, 15) is 4.79 Å². The molecule has 3 aromatic heterocycles. The molecule has 138 valence electrons. The summed E-state index contributed by atoms with van der Waals surface area (Å²) in [4.78, 5) is 18.1. The molecular formula is C17H17ClN8O. The van der Waals surface area contributed by atoms with Gasteiger partial charge in [-0.25, -0.2) is 4.98 Å². The largest absolute Gasteiger partial charge is 0.354 e. The Morgan fingerprint density at radius 1 is 1.26 bits per heavy atom. The molecule has 0 aliphatic carbocycles. The van der Waals surface area contributed by atoms with E-state index in [0.29, 0.717) is 22.5 Å². The Morgan fingerprint density at radius 2 is 2.07 bits per heavy atom. The van der Waals surface area contributed by atoms with Crippen molar-refractivity contribution in [2.75, 3.05) is 5.32 Å². The SMILES string of the molecule is CCc1c(Nc2cc(Cl)nc3[nH]n(C)c(=O)c23)cccc1-c1nnn(C)n1. The highest BCUT2D eigenvalue weighted by Crippen LogP contribution is 2.32. The molecule has 4 aromatic rings. The highest BCUT2D eigenvalue weighted by atomic mass is 35.5. The van der Waals surface area contributed by atoms with Crippen molar-refractivity contribution in [3.05, 3.63) is 45.3 Å². The van der Waals surface area contributed by atoms with E-state index in [1.54, 1.807) is 20.2 Å². The molecule has 0 fully saturated rings. The summed E-state index contributed by atoms with van der Waals surface area (Å²) >= 11 is 6.14. The standard InChI is InChI=1S/C17H17ClN8O/c1-4-9-10(15-21-24-26(3)23-15)6-5-7-11(9)19-12-8-13(18)20-16-14(12)17(27)25(2)22-16/h5-8H,4H2,1-3H3,(H2,19,20,22). The quantitative estimate of drug-likeness (QED) is 0.523. The first-order valence-electron chi connectivity index (χ1n) is 8.36. The molecule has 27 heavy (non-hydrogen) atoms. The first-order valence-corrected chi connectivity index (χ1v) is 8.74. The van der Waals surface area contributed by atoms with Gasteiger partial charge in [-0.3, -0.25) is 14.6 Å². The van der Waals surface area contributed by atoms with Crippen LogP contribution < -0.4 is 10.9 Å². The van der Waals surface area contributed by atoms with Crippen LogP contribution in [0.25, 0.3) is 22.4 Å². The molecule has 0 saturated heterocycles. The zero-order chi connectivity index (χ0) is 19.1. The van der Waals surface area contributed by atoms with Gasteiger partial charge in [-0.05, 0) is 29.3 Å². The Balaban J connectivity index is 1.87. The van der Waals surface area contributed by atoms with Crippen molar-refractivity contribution in [2.24, 2.45) is 14.1 Å². The molecule has 0 radical (unpaired) electrons. The molecule has 0 bridgehead atoms. The number of aryl methyl sites for hydroxylation is 2. The summed E-state index contributed by atoms with van der Waals surface area (Å²) in [5, 5.41) is 19.3. The molecule has 0 saturated carbocycles. The molecule has 1 aromatic carbocycles. The number of hydrogen-bond donors (Lipinski definition) is 2. The minimum absolute atomic E-state index is 0.179. The molecule has 3 heterocycles. The molecule has 2 N–H and O–H groups in total. The second-order valence-corrected chi connectivity index (χ2v) is 6.49. The third kappa shape index (κ3) is 2.95. The van der Waals surface area contributed by atoms with Gasteiger partial charge in [-0.1, -0.05) is 30.7 Å². The Kier molecular flexibility index (Phi) is 4.15. The van der Waals surface area contributed by atoms with Crippen LogP contribution in [0, 0.1) is 0 Å². The molecule has 0 aliphatic heterocycles. The van der Waals surface area contributed by atoms with Crippen LogP contribution in [0.3, 0.4) is 0 Å². The van der Waals surface area contributed by atoms with Crippen molar-refractivity contribution in [3.63, 3.8) is 0 Å². The van der Waals surface area contributed by atoms with Crippen LogP contribution in [0.4, 0.5) is 11.4 Å². The van der Waals surface area contributed by atoms with Gasteiger partial charge in [0, 0.05) is 18.3 Å². The summed E-state index contributed by atoms with van der Waals surface area (Å²) in [5.74, 6) is 0.550. The Labute approximate surface area is 159 Å². The first-order chi connectivity index (χ1) is 13.0. The smallest absolute Gasteiger partial charge is 0.277 e. The van der Waals surface area contributed by atoms with E-state index in [4.69, 9.17) is 11.6 Å². The normalized spacial score (nSPS) is 11.3. The van der Waals surface area contributed by atoms with E-state index in [0.717, 1.165) is 23.2 Å². The van der Waals surface area contributed by atoms with Gasteiger partial charge in [0.2, 0.25) is 5.82 Å². The lowest BCUT2D eigenvalue weighted by atomic mass is 10.0. The summed E-state index contributed by atoms with van der Waals surface area (Å²) in [7, 11) is 3.36. The second kappa shape index (κ2) is 6.51. The second-order valence-electron chi connectivity index (χ2n) is 6.10. The third-order valence-corrected chi connectivity index (χ3v) is 4.52. The number of halogens is 1. The maximum Gasteiger partial charge on any atom is 0.277 e. The van der Waals surface area contributed by atoms with Gasteiger partial charge in [-0.15, -0.1) is 10.2 Å². The highest BCUT2D eigenvalue weighted by molar-refractivity contribution is 6.30. The minimum Gasteiger partial charge on any atom is -0.354 e. The maximum absolute atomic E-state index is 12.5. The summed E-state index contributed by atoms with van der Waals surface area (Å²) in [6.45, 7) is 2.05. The van der Waals surface area contributed by atoms with E-state index in [1.807, 2.05) is 25.1 Å². The predicted octanol–water partition coefficient (Wildman–Crippen LogP) is 2.41. The van der Waals surface area contributed by atoms with Gasteiger partial charge in [0.1, 0.15) is 10.5 Å². The molecule has 0 amide bonds. The first kappa shape index (κ1) is 17.2. The number of nitrogens with one attached hydrogen (secondary N) is 2. The summed E-state index contributed by atoms with van der Waals surface area (Å²) in [5.41, 5.74) is 3.58. The number of aromatic amines is 1. The maximum atomic E-state index is 12.5. The topological polar surface area (TPSA) is 106 Å². The number of nitrogens with zero attached hydrogens (tertiary/aromatic N) is 6. The summed E-state index contributed by atoms with van der Waals surface area (Å²) in [6, 6.07) is 7.44. The van der Waals surface area contributed by atoms with Crippen molar-refractivity contribution in [1.29, 1.82) is 0 Å². The van der Waals surface area contributed by atoms with Crippen LogP contribution in [0.15, 0.2) is 29.1 Å². The number of pyridine rings is 1. The molecule has 0 aliphatic rings.